The fourth-order valence-electron chi connectivity index (χ4n) is 4.19. The quantitative estimate of drug-likeness (QED) is 0.184. The number of thiophene rings is 1. The normalized spacial score (nSPS) is 11.2. The number of ether oxygens (including phenoxy) is 1. The van der Waals surface area contributed by atoms with Gasteiger partial charge < -0.3 is 21.5 Å². The molecule has 5 rings (SSSR count). The van der Waals surface area contributed by atoms with E-state index < -0.39 is 11.7 Å². The molecule has 0 atom stereocenters. The molecule has 0 aliphatic rings. The highest BCUT2D eigenvalue weighted by molar-refractivity contribution is 7.23. The van der Waals surface area contributed by atoms with Gasteiger partial charge in [0.2, 0.25) is 5.91 Å². The van der Waals surface area contributed by atoms with Crippen LogP contribution < -0.4 is 21.5 Å². The van der Waals surface area contributed by atoms with Crippen molar-refractivity contribution in [1.82, 2.24) is 15.0 Å². The minimum atomic E-state index is -0.692. The number of carbonyl (C=O) groups is 2. The molecule has 0 aliphatic heterocycles. The van der Waals surface area contributed by atoms with Gasteiger partial charge in [0, 0.05) is 45.2 Å². The van der Waals surface area contributed by atoms with Crippen LogP contribution in [0.15, 0.2) is 67.0 Å². The number of primary amides is 1. The lowest BCUT2D eigenvalue weighted by atomic mass is 9.98. The van der Waals surface area contributed by atoms with Gasteiger partial charge in [-0.2, -0.15) is 0 Å². The van der Waals surface area contributed by atoms with E-state index >= 15 is 4.39 Å². The van der Waals surface area contributed by atoms with E-state index in [0.717, 1.165) is 0 Å². The van der Waals surface area contributed by atoms with Crippen LogP contribution >= 0.6 is 22.9 Å². The Balaban J connectivity index is 1.68. The van der Waals surface area contributed by atoms with Crippen LogP contribution in [0.1, 0.15) is 23.0 Å². The molecule has 0 aliphatic carbocycles. The molecule has 206 valence electrons. The van der Waals surface area contributed by atoms with Crippen LogP contribution in [0.4, 0.5) is 15.9 Å². The number of pyridine rings is 1. The second-order valence-electron chi connectivity index (χ2n) is 8.84. The summed E-state index contributed by atoms with van der Waals surface area (Å²) in [6.07, 6.45) is 5.83. The van der Waals surface area contributed by atoms with E-state index in [1.807, 2.05) is 0 Å². The van der Waals surface area contributed by atoms with Crippen LogP contribution in [-0.4, -0.2) is 26.8 Å². The highest BCUT2D eigenvalue weighted by Gasteiger charge is 2.24. The Morgan fingerprint density at radius 3 is 2.63 bits per heavy atom. The Bertz CT molecular complexity index is 1870. The average molecular weight is 589 g/mol. The average Bonchev–Trinajstić information content (AvgIpc) is 3.31. The zero-order chi connectivity index (χ0) is 29.3. The Kier molecular flexibility index (Phi) is 7.64. The third kappa shape index (κ3) is 5.58. The van der Waals surface area contributed by atoms with E-state index in [0.29, 0.717) is 48.1 Å². The first-order chi connectivity index (χ1) is 19.7. The maximum atomic E-state index is 15.4. The third-order valence-corrected chi connectivity index (χ3v) is 7.57. The van der Waals surface area contributed by atoms with Gasteiger partial charge in [0.1, 0.15) is 5.82 Å². The zero-order valence-electron chi connectivity index (χ0n) is 21.7. The van der Waals surface area contributed by atoms with Gasteiger partial charge in [-0.25, -0.2) is 19.3 Å². The number of allylic oxidation sites excluding steroid dienone is 1. The first-order valence-electron chi connectivity index (χ1n) is 12.2. The van der Waals surface area contributed by atoms with Crippen molar-refractivity contribution in [3.05, 3.63) is 89.1 Å². The summed E-state index contributed by atoms with van der Waals surface area (Å²) in [6, 6.07) is 11.1. The largest absolute Gasteiger partial charge is 0.421 e. The molecule has 12 heteroatoms. The number of hydrogen-bond acceptors (Lipinski definition) is 8. The van der Waals surface area contributed by atoms with Crippen molar-refractivity contribution in [1.29, 1.82) is 0 Å². The Hall–Kier alpha value is -4.87. The van der Waals surface area contributed by atoms with Crippen LogP contribution in [0.2, 0.25) is 5.02 Å². The molecule has 41 heavy (non-hydrogen) atoms. The highest BCUT2D eigenvalue weighted by Crippen LogP contribution is 2.49. The fourth-order valence-corrected chi connectivity index (χ4v) is 5.90. The molecule has 0 fully saturated rings. The lowest BCUT2D eigenvalue weighted by molar-refractivity contribution is -0.111. The van der Waals surface area contributed by atoms with Gasteiger partial charge in [-0.05, 0) is 61.9 Å². The van der Waals surface area contributed by atoms with Gasteiger partial charge in [-0.3, -0.25) is 9.59 Å². The van der Waals surface area contributed by atoms with Gasteiger partial charge in [-0.15, -0.1) is 11.3 Å². The van der Waals surface area contributed by atoms with Crippen LogP contribution in [0.25, 0.3) is 31.7 Å². The molecule has 0 bridgehead atoms. The fraction of sp³-hybridized carbons (Fsp3) is 0.0690. The second kappa shape index (κ2) is 11.3. The number of fused-ring (bicyclic) bond motifs is 1. The minimum Gasteiger partial charge on any atom is -0.421 e. The molecule has 0 saturated heterocycles. The summed E-state index contributed by atoms with van der Waals surface area (Å²) >= 11 is 7.92. The maximum Gasteiger partial charge on any atom is 0.322 e. The highest BCUT2D eigenvalue weighted by atomic mass is 35.5. The Labute approximate surface area is 242 Å². The van der Waals surface area contributed by atoms with Gasteiger partial charge in [0.15, 0.2) is 11.6 Å². The molecule has 0 radical (unpaired) electrons. The molecule has 0 unspecified atom stereocenters. The molecule has 0 saturated carbocycles. The minimum absolute atomic E-state index is 0.00579. The van der Waals surface area contributed by atoms with Gasteiger partial charge in [0.25, 0.3) is 5.91 Å². The summed E-state index contributed by atoms with van der Waals surface area (Å²) < 4.78 is 21.5. The van der Waals surface area contributed by atoms with Crippen molar-refractivity contribution >= 4 is 56.3 Å². The molecular weight excluding hydrogens is 567 g/mol. The number of aromatic nitrogens is 3. The molecule has 5 N–H and O–H groups in total. The van der Waals surface area contributed by atoms with E-state index in [-0.39, 0.29) is 29.0 Å². The molecule has 5 aromatic rings. The number of rotatable bonds is 7. The predicted molar refractivity (Wildman–Crippen MR) is 159 cm³/mol. The summed E-state index contributed by atoms with van der Waals surface area (Å²) in [5, 5.41) is 3.47. The molecular formula is C29H22ClFN6O3S. The van der Waals surface area contributed by atoms with E-state index in [1.165, 1.54) is 41.9 Å². The van der Waals surface area contributed by atoms with Crippen molar-refractivity contribution in [2.75, 3.05) is 11.1 Å². The van der Waals surface area contributed by atoms with Gasteiger partial charge in [-0.1, -0.05) is 23.7 Å². The Morgan fingerprint density at radius 1 is 1.15 bits per heavy atom. The van der Waals surface area contributed by atoms with Crippen LogP contribution in [0.3, 0.4) is 0 Å². The topological polar surface area (TPSA) is 146 Å². The number of anilines is 2. The second-order valence-corrected chi connectivity index (χ2v) is 10.3. The number of nitrogens with two attached hydrogens (primary N) is 2. The molecule has 3 aromatic heterocycles. The standard InChI is InChI=1S/C29H22ClFN6O3S/c1-3-4-22(38)37-16-6-7-17(19(30)12-16)25-23(24-26(41-25)18(28(33)39)13-35-27(24)32)15-5-8-21(20(31)11-15)40-29-34-10-9-14(2)36-29/h3-13H,1-2H3,(H2,32,35)(H2,33,39)(H,37,38). The van der Waals surface area contributed by atoms with Crippen molar-refractivity contribution in [3.63, 3.8) is 0 Å². The van der Waals surface area contributed by atoms with Crippen molar-refractivity contribution in [3.8, 4) is 33.3 Å². The monoisotopic (exact) mass is 588 g/mol. The van der Waals surface area contributed by atoms with E-state index in [9.17, 15) is 9.59 Å². The van der Waals surface area contributed by atoms with E-state index in [2.05, 4.69) is 20.3 Å². The van der Waals surface area contributed by atoms with E-state index in [4.69, 9.17) is 27.8 Å². The molecule has 0 spiro atoms. The first-order valence-corrected chi connectivity index (χ1v) is 13.4. The number of nitrogen functional groups attached to an aromatic ring is 1. The maximum absolute atomic E-state index is 15.4. The summed E-state index contributed by atoms with van der Waals surface area (Å²) in [5.41, 5.74) is 14.8. The predicted octanol–water partition coefficient (Wildman–Crippen LogP) is 6.51. The molecule has 2 aromatic carbocycles. The summed E-state index contributed by atoms with van der Waals surface area (Å²) in [6.45, 7) is 3.50. The van der Waals surface area contributed by atoms with Crippen LogP contribution in [-0.2, 0) is 4.79 Å². The van der Waals surface area contributed by atoms with Crippen molar-refractivity contribution in [2.45, 2.75) is 13.8 Å². The van der Waals surface area contributed by atoms with E-state index in [1.54, 1.807) is 50.3 Å². The number of hydrogen-bond donors (Lipinski definition) is 3. The summed E-state index contributed by atoms with van der Waals surface area (Å²) in [7, 11) is 0. The number of amides is 2. The van der Waals surface area contributed by atoms with Crippen LogP contribution in [0, 0.1) is 12.7 Å². The van der Waals surface area contributed by atoms with Gasteiger partial charge >= 0.3 is 6.01 Å². The Morgan fingerprint density at radius 2 is 1.95 bits per heavy atom. The third-order valence-electron chi connectivity index (χ3n) is 6.00. The number of aryl methyl sites for hydroxylation is 1. The lowest BCUT2D eigenvalue weighted by Crippen LogP contribution is -2.11. The molecule has 9 nitrogen and oxygen atoms in total. The number of benzene rings is 2. The smallest absolute Gasteiger partial charge is 0.322 e. The molecule has 3 heterocycles. The number of halogens is 2. The van der Waals surface area contributed by atoms with Crippen LogP contribution in [0.5, 0.6) is 11.8 Å². The summed E-state index contributed by atoms with van der Waals surface area (Å²) in [5.74, 6) is -1.63. The first kappa shape index (κ1) is 27.7. The van der Waals surface area contributed by atoms with Crippen molar-refractivity contribution < 1.29 is 18.7 Å². The molecule has 2 amide bonds. The van der Waals surface area contributed by atoms with Gasteiger partial charge in [0.05, 0.1) is 15.3 Å². The van der Waals surface area contributed by atoms with Crippen molar-refractivity contribution in [2.24, 2.45) is 5.73 Å². The number of carbonyl (C=O) groups excluding carboxylic acids is 2. The zero-order valence-corrected chi connectivity index (χ0v) is 23.3. The number of nitrogens with one attached hydrogen (secondary N) is 1. The lowest BCUT2D eigenvalue weighted by Gasteiger charge is -2.11. The number of nitrogens with zero attached hydrogens (tertiary/aromatic N) is 3. The summed E-state index contributed by atoms with van der Waals surface area (Å²) in [4.78, 5) is 37.2. The SMILES string of the molecule is CC=CC(=O)Nc1ccc(-c2sc3c(C(N)=O)cnc(N)c3c2-c2ccc(Oc3nccc(C)n3)c(F)c2)c(Cl)c1.